The standard InChI is InChI=1S/C16H17N3O4/c1-2-22-13-7-5-12(6-8-13)10-18-19-15(20)11-17-16(21)14-4-3-9-23-14/h3-10H,2,11H2,1H3,(H,17,21)(H,19,20)/b18-10+. The highest BCUT2D eigenvalue weighted by molar-refractivity contribution is 5.94. The van der Waals surface area contributed by atoms with Crippen molar-refractivity contribution in [1.29, 1.82) is 0 Å². The maximum absolute atomic E-state index is 11.6. The Morgan fingerprint density at radius 2 is 2.04 bits per heavy atom. The fourth-order valence-electron chi connectivity index (χ4n) is 1.69. The molecule has 0 saturated carbocycles. The van der Waals surface area contributed by atoms with E-state index in [9.17, 15) is 9.59 Å². The van der Waals surface area contributed by atoms with Gasteiger partial charge in [-0.3, -0.25) is 9.59 Å². The molecule has 0 aliphatic carbocycles. The van der Waals surface area contributed by atoms with E-state index in [2.05, 4.69) is 15.8 Å². The van der Waals surface area contributed by atoms with Crippen molar-refractivity contribution in [2.75, 3.05) is 13.2 Å². The lowest BCUT2D eigenvalue weighted by atomic mass is 10.2. The summed E-state index contributed by atoms with van der Waals surface area (Å²) >= 11 is 0. The highest BCUT2D eigenvalue weighted by atomic mass is 16.5. The first-order valence-corrected chi connectivity index (χ1v) is 7.05. The molecular weight excluding hydrogens is 298 g/mol. The third-order valence-electron chi connectivity index (χ3n) is 2.75. The monoisotopic (exact) mass is 315 g/mol. The van der Waals surface area contributed by atoms with E-state index in [1.165, 1.54) is 18.5 Å². The Morgan fingerprint density at radius 3 is 2.70 bits per heavy atom. The second-order valence-corrected chi connectivity index (χ2v) is 4.46. The molecule has 2 aromatic rings. The second-order valence-electron chi connectivity index (χ2n) is 4.46. The lowest BCUT2D eigenvalue weighted by molar-refractivity contribution is -0.120. The lowest BCUT2D eigenvalue weighted by Gasteiger charge is -2.03. The quantitative estimate of drug-likeness (QED) is 0.599. The van der Waals surface area contributed by atoms with Crippen LogP contribution in [-0.4, -0.2) is 31.2 Å². The van der Waals surface area contributed by atoms with Crippen LogP contribution in [0, 0.1) is 0 Å². The Hall–Kier alpha value is -3.09. The Kier molecular flexibility index (Phi) is 5.93. The van der Waals surface area contributed by atoms with E-state index in [-0.39, 0.29) is 12.3 Å². The van der Waals surface area contributed by atoms with Crippen LogP contribution in [0.15, 0.2) is 52.2 Å². The van der Waals surface area contributed by atoms with Gasteiger partial charge >= 0.3 is 0 Å². The lowest BCUT2D eigenvalue weighted by Crippen LogP contribution is -2.34. The van der Waals surface area contributed by atoms with Crippen molar-refractivity contribution < 1.29 is 18.7 Å². The molecule has 1 aromatic carbocycles. The molecule has 7 heteroatoms. The summed E-state index contributed by atoms with van der Waals surface area (Å²) in [5.41, 5.74) is 3.14. The molecule has 0 spiro atoms. The van der Waals surface area contributed by atoms with E-state index in [1.807, 2.05) is 31.2 Å². The number of furan rings is 1. The fraction of sp³-hybridized carbons (Fsp3) is 0.188. The minimum absolute atomic E-state index is 0.149. The van der Waals surface area contributed by atoms with Crippen LogP contribution in [0.3, 0.4) is 0 Å². The molecule has 2 N–H and O–H groups in total. The number of carbonyl (C=O) groups is 2. The average molecular weight is 315 g/mol. The van der Waals surface area contributed by atoms with E-state index in [0.717, 1.165) is 11.3 Å². The van der Waals surface area contributed by atoms with E-state index in [1.54, 1.807) is 6.07 Å². The molecule has 23 heavy (non-hydrogen) atoms. The minimum Gasteiger partial charge on any atom is -0.494 e. The topological polar surface area (TPSA) is 92.9 Å². The van der Waals surface area contributed by atoms with Gasteiger partial charge in [0.15, 0.2) is 5.76 Å². The molecule has 0 fully saturated rings. The van der Waals surface area contributed by atoms with Crippen molar-refractivity contribution in [2.24, 2.45) is 5.10 Å². The number of hydrazone groups is 1. The largest absolute Gasteiger partial charge is 0.494 e. The minimum atomic E-state index is -0.458. The zero-order valence-electron chi connectivity index (χ0n) is 12.6. The van der Waals surface area contributed by atoms with Crippen LogP contribution < -0.4 is 15.5 Å². The van der Waals surface area contributed by atoms with Gasteiger partial charge < -0.3 is 14.5 Å². The number of rotatable bonds is 7. The highest BCUT2D eigenvalue weighted by Gasteiger charge is 2.09. The molecule has 7 nitrogen and oxygen atoms in total. The fourth-order valence-corrected chi connectivity index (χ4v) is 1.69. The predicted molar refractivity (Wildman–Crippen MR) is 84.4 cm³/mol. The van der Waals surface area contributed by atoms with Gasteiger partial charge in [0, 0.05) is 0 Å². The van der Waals surface area contributed by atoms with Gasteiger partial charge in [-0.25, -0.2) is 5.43 Å². The molecular formula is C16H17N3O4. The summed E-state index contributed by atoms with van der Waals surface area (Å²) in [5, 5.41) is 6.24. The Balaban J connectivity index is 1.74. The SMILES string of the molecule is CCOc1ccc(/C=N/NC(=O)CNC(=O)c2ccco2)cc1. The molecule has 2 rings (SSSR count). The highest BCUT2D eigenvalue weighted by Crippen LogP contribution is 2.10. The molecule has 0 radical (unpaired) electrons. The first-order chi connectivity index (χ1) is 11.2. The van der Waals surface area contributed by atoms with Gasteiger partial charge in [0.2, 0.25) is 0 Å². The van der Waals surface area contributed by atoms with Crippen LogP contribution >= 0.6 is 0 Å². The molecule has 2 amide bonds. The second kappa shape index (κ2) is 8.38. The molecule has 0 atom stereocenters. The summed E-state index contributed by atoms with van der Waals surface area (Å²) in [6, 6.07) is 10.4. The first kappa shape index (κ1) is 16.3. The predicted octanol–water partition coefficient (Wildman–Crippen LogP) is 1.56. The molecule has 1 aromatic heterocycles. The zero-order valence-corrected chi connectivity index (χ0v) is 12.6. The van der Waals surface area contributed by atoms with E-state index < -0.39 is 11.8 Å². The first-order valence-electron chi connectivity index (χ1n) is 7.05. The summed E-state index contributed by atoms with van der Waals surface area (Å²) < 4.78 is 10.2. The third-order valence-corrected chi connectivity index (χ3v) is 2.75. The molecule has 0 bridgehead atoms. The van der Waals surface area contributed by atoms with Gasteiger partial charge in [-0.1, -0.05) is 0 Å². The van der Waals surface area contributed by atoms with Gasteiger partial charge in [-0.15, -0.1) is 0 Å². The normalized spacial score (nSPS) is 10.5. The summed E-state index contributed by atoms with van der Waals surface area (Å²) in [7, 11) is 0. The van der Waals surface area contributed by atoms with Crippen molar-refractivity contribution in [3.63, 3.8) is 0 Å². The number of nitrogens with zero attached hydrogens (tertiary/aromatic N) is 1. The number of benzene rings is 1. The van der Waals surface area contributed by atoms with Gasteiger partial charge in [-0.2, -0.15) is 5.10 Å². The number of amides is 2. The molecule has 0 unspecified atom stereocenters. The maximum Gasteiger partial charge on any atom is 0.287 e. The molecule has 120 valence electrons. The van der Waals surface area contributed by atoms with Gasteiger partial charge in [-0.05, 0) is 48.9 Å². The Labute approximate surface area is 133 Å². The summed E-state index contributed by atoms with van der Waals surface area (Å²) in [4.78, 5) is 23.1. The van der Waals surface area contributed by atoms with Crippen molar-refractivity contribution in [1.82, 2.24) is 10.7 Å². The van der Waals surface area contributed by atoms with Gasteiger partial charge in [0.1, 0.15) is 5.75 Å². The van der Waals surface area contributed by atoms with E-state index >= 15 is 0 Å². The van der Waals surface area contributed by atoms with Gasteiger partial charge in [0.05, 0.1) is 25.6 Å². The van der Waals surface area contributed by atoms with Crippen LogP contribution in [0.5, 0.6) is 5.75 Å². The van der Waals surface area contributed by atoms with E-state index in [0.29, 0.717) is 6.61 Å². The number of hydrogen-bond donors (Lipinski definition) is 2. The van der Waals surface area contributed by atoms with Crippen LogP contribution in [0.4, 0.5) is 0 Å². The van der Waals surface area contributed by atoms with Crippen LogP contribution in [0.25, 0.3) is 0 Å². The Bertz CT molecular complexity index is 663. The number of nitrogens with one attached hydrogen (secondary N) is 2. The van der Waals surface area contributed by atoms with Crippen LogP contribution in [0.1, 0.15) is 23.0 Å². The summed E-state index contributed by atoms with van der Waals surface area (Å²) in [6.45, 7) is 2.32. The van der Waals surface area contributed by atoms with Crippen LogP contribution in [0.2, 0.25) is 0 Å². The number of hydrogen-bond acceptors (Lipinski definition) is 5. The van der Waals surface area contributed by atoms with Crippen molar-refractivity contribution in [2.45, 2.75) is 6.92 Å². The summed E-state index contributed by atoms with van der Waals surface area (Å²) in [5.74, 6) is 0.0257. The zero-order chi connectivity index (χ0) is 16.5. The van der Waals surface area contributed by atoms with Gasteiger partial charge in [0.25, 0.3) is 11.8 Å². The molecule has 0 aliphatic heterocycles. The number of carbonyl (C=O) groups excluding carboxylic acids is 2. The van der Waals surface area contributed by atoms with Crippen LogP contribution in [-0.2, 0) is 4.79 Å². The average Bonchev–Trinajstić information content (AvgIpc) is 3.09. The third kappa shape index (κ3) is 5.31. The molecule has 0 saturated heterocycles. The van der Waals surface area contributed by atoms with E-state index in [4.69, 9.17) is 9.15 Å². The van der Waals surface area contributed by atoms with Crippen molar-refractivity contribution in [3.8, 4) is 5.75 Å². The van der Waals surface area contributed by atoms with Crippen molar-refractivity contribution >= 4 is 18.0 Å². The molecule has 0 aliphatic rings. The maximum atomic E-state index is 11.6. The molecule has 1 heterocycles. The smallest absolute Gasteiger partial charge is 0.287 e. The summed E-state index contributed by atoms with van der Waals surface area (Å²) in [6.07, 6.45) is 2.89. The Morgan fingerprint density at radius 1 is 1.26 bits per heavy atom. The number of ether oxygens (including phenoxy) is 1. The van der Waals surface area contributed by atoms with Crippen molar-refractivity contribution in [3.05, 3.63) is 54.0 Å².